The quantitative estimate of drug-likeness (QED) is 0.460. The van der Waals surface area contributed by atoms with Gasteiger partial charge >= 0.3 is 0 Å². The average molecular weight is 413 g/mol. The Hall–Kier alpha value is -2.91. The van der Waals surface area contributed by atoms with Crippen LogP contribution < -0.4 is 10.6 Å². The number of benzene rings is 3. The molecule has 1 saturated carbocycles. The molecule has 0 aromatic heterocycles. The summed E-state index contributed by atoms with van der Waals surface area (Å²) in [6.07, 6.45) is 6.90. The minimum atomic E-state index is -0.0860. The summed E-state index contributed by atoms with van der Waals surface area (Å²) in [6, 6.07) is 24.3. The fourth-order valence-electron chi connectivity index (χ4n) is 4.31. The molecule has 160 valence electrons. The van der Waals surface area contributed by atoms with E-state index < -0.39 is 0 Å². The van der Waals surface area contributed by atoms with E-state index in [2.05, 4.69) is 54.0 Å². The molecule has 0 aliphatic heterocycles. The monoisotopic (exact) mass is 412 g/mol. The number of rotatable bonds is 7. The van der Waals surface area contributed by atoms with Gasteiger partial charge in [0.2, 0.25) is 0 Å². The van der Waals surface area contributed by atoms with Crippen LogP contribution >= 0.6 is 0 Å². The van der Waals surface area contributed by atoms with E-state index in [9.17, 15) is 4.79 Å². The molecule has 3 nitrogen and oxygen atoms in total. The lowest BCUT2D eigenvalue weighted by atomic mass is 9.89. The predicted octanol–water partition coefficient (Wildman–Crippen LogP) is 6.58. The SMILES string of the molecule is Cc1ccc(-c2cccc(C(=O)Nc3ccc(CNCC4CCCCC4)cc3)c2)cc1. The molecular weight excluding hydrogens is 380 g/mol. The second-order valence-electron chi connectivity index (χ2n) is 8.73. The molecule has 1 aliphatic rings. The number of carbonyl (C=O) groups is 1. The molecule has 0 radical (unpaired) electrons. The average Bonchev–Trinajstić information content (AvgIpc) is 2.81. The van der Waals surface area contributed by atoms with E-state index in [0.717, 1.165) is 35.8 Å². The molecule has 2 N–H and O–H groups in total. The van der Waals surface area contributed by atoms with Gasteiger partial charge in [0.15, 0.2) is 0 Å². The Morgan fingerprint density at radius 2 is 1.61 bits per heavy atom. The second kappa shape index (κ2) is 10.4. The van der Waals surface area contributed by atoms with E-state index in [0.29, 0.717) is 5.56 Å². The van der Waals surface area contributed by atoms with Crippen molar-refractivity contribution in [2.45, 2.75) is 45.6 Å². The van der Waals surface area contributed by atoms with Gasteiger partial charge in [-0.15, -0.1) is 0 Å². The highest BCUT2D eigenvalue weighted by molar-refractivity contribution is 6.04. The summed E-state index contributed by atoms with van der Waals surface area (Å²) in [5.41, 5.74) is 6.12. The first-order valence-electron chi connectivity index (χ1n) is 11.5. The van der Waals surface area contributed by atoms with E-state index >= 15 is 0 Å². The van der Waals surface area contributed by atoms with Crippen LogP contribution in [0.1, 0.15) is 53.6 Å². The smallest absolute Gasteiger partial charge is 0.255 e. The minimum absolute atomic E-state index is 0.0860. The molecule has 1 fully saturated rings. The molecule has 0 heterocycles. The minimum Gasteiger partial charge on any atom is -0.322 e. The fourth-order valence-corrected chi connectivity index (χ4v) is 4.31. The van der Waals surface area contributed by atoms with Gasteiger partial charge in [0.05, 0.1) is 0 Å². The highest BCUT2D eigenvalue weighted by Crippen LogP contribution is 2.23. The Bertz CT molecular complexity index is 986. The van der Waals surface area contributed by atoms with Crippen molar-refractivity contribution >= 4 is 11.6 Å². The zero-order valence-corrected chi connectivity index (χ0v) is 18.4. The predicted molar refractivity (Wildman–Crippen MR) is 129 cm³/mol. The van der Waals surface area contributed by atoms with Gasteiger partial charge in [-0.1, -0.05) is 73.4 Å². The standard InChI is InChI=1S/C28H32N2O/c1-21-10-14-24(15-11-21)25-8-5-9-26(18-25)28(31)30-27-16-12-23(13-17-27)20-29-19-22-6-3-2-4-7-22/h5,8-18,22,29H,2-4,6-7,19-20H2,1H3,(H,30,31). The molecular formula is C28H32N2O. The van der Waals surface area contributed by atoms with Gasteiger partial charge in [0, 0.05) is 17.8 Å². The van der Waals surface area contributed by atoms with Crippen molar-refractivity contribution in [2.24, 2.45) is 5.92 Å². The molecule has 4 rings (SSSR count). The maximum atomic E-state index is 12.8. The largest absolute Gasteiger partial charge is 0.322 e. The van der Waals surface area contributed by atoms with Crippen LogP contribution in [-0.4, -0.2) is 12.5 Å². The molecule has 1 aliphatic carbocycles. The number of hydrogen-bond acceptors (Lipinski definition) is 2. The Balaban J connectivity index is 1.32. The zero-order valence-electron chi connectivity index (χ0n) is 18.4. The summed E-state index contributed by atoms with van der Waals surface area (Å²) in [5.74, 6) is 0.750. The topological polar surface area (TPSA) is 41.1 Å². The summed E-state index contributed by atoms with van der Waals surface area (Å²) in [7, 11) is 0. The van der Waals surface area contributed by atoms with E-state index in [-0.39, 0.29) is 5.91 Å². The summed E-state index contributed by atoms with van der Waals surface area (Å²) in [4.78, 5) is 12.8. The normalized spacial score (nSPS) is 14.4. The fraction of sp³-hybridized carbons (Fsp3) is 0.321. The maximum Gasteiger partial charge on any atom is 0.255 e. The van der Waals surface area contributed by atoms with Crippen LogP contribution in [0.5, 0.6) is 0 Å². The molecule has 0 unspecified atom stereocenters. The van der Waals surface area contributed by atoms with Crippen LogP contribution in [0, 0.1) is 12.8 Å². The summed E-state index contributed by atoms with van der Waals surface area (Å²) in [5, 5.41) is 6.62. The lowest BCUT2D eigenvalue weighted by Gasteiger charge is -2.21. The molecule has 0 saturated heterocycles. The Labute approximate surface area is 185 Å². The van der Waals surface area contributed by atoms with Gasteiger partial charge in [0.1, 0.15) is 0 Å². The van der Waals surface area contributed by atoms with Crippen LogP contribution in [0.25, 0.3) is 11.1 Å². The first-order chi connectivity index (χ1) is 15.2. The number of aryl methyl sites for hydroxylation is 1. The second-order valence-corrected chi connectivity index (χ2v) is 8.73. The van der Waals surface area contributed by atoms with Gasteiger partial charge in [-0.25, -0.2) is 0 Å². The number of carbonyl (C=O) groups excluding carboxylic acids is 1. The van der Waals surface area contributed by atoms with Crippen LogP contribution in [0.4, 0.5) is 5.69 Å². The van der Waals surface area contributed by atoms with E-state index in [1.165, 1.54) is 43.2 Å². The third-order valence-electron chi connectivity index (χ3n) is 6.21. The molecule has 0 spiro atoms. The lowest BCUT2D eigenvalue weighted by Crippen LogP contribution is -2.24. The third-order valence-corrected chi connectivity index (χ3v) is 6.21. The first-order valence-corrected chi connectivity index (χ1v) is 11.5. The van der Waals surface area contributed by atoms with E-state index in [1.807, 2.05) is 36.4 Å². The van der Waals surface area contributed by atoms with Crippen molar-refractivity contribution in [3.05, 3.63) is 89.5 Å². The highest BCUT2D eigenvalue weighted by atomic mass is 16.1. The number of amides is 1. The van der Waals surface area contributed by atoms with Crippen molar-refractivity contribution in [1.29, 1.82) is 0 Å². The summed E-state index contributed by atoms with van der Waals surface area (Å²) < 4.78 is 0. The van der Waals surface area contributed by atoms with Crippen LogP contribution in [0.3, 0.4) is 0 Å². The zero-order chi connectivity index (χ0) is 21.5. The van der Waals surface area contributed by atoms with Gasteiger partial charge in [-0.3, -0.25) is 4.79 Å². The highest BCUT2D eigenvalue weighted by Gasteiger charge is 2.12. The molecule has 0 bridgehead atoms. The van der Waals surface area contributed by atoms with E-state index in [1.54, 1.807) is 0 Å². The molecule has 3 heteroatoms. The molecule has 31 heavy (non-hydrogen) atoms. The van der Waals surface area contributed by atoms with Crippen molar-refractivity contribution < 1.29 is 4.79 Å². The Morgan fingerprint density at radius 1 is 0.871 bits per heavy atom. The van der Waals surface area contributed by atoms with Gasteiger partial charge in [-0.2, -0.15) is 0 Å². The number of nitrogens with one attached hydrogen (secondary N) is 2. The Morgan fingerprint density at radius 3 is 2.35 bits per heavy atom. The van der Waals surface area contributed by atoms with Crippen molar-refractivity contribution in [3.8, 4) is 11.1 Å². The van der Waals surface area contributed by atoms with Crippen molar-refractivity contribution in [1.82, 2.24) is 5.32 Å². The third kappa shape index (κ3) is 6.05. The number of anilines is 1. The Kier molecular flexibility index (Phi) is 7.16. The molecule has 0 atom stereocenters. The van der Waals surface area contributed by atoms with Crippen molar-refractivity contribution in [2.75, 3.05) is 11.9 Å². The first kappa shape index (κ1) is 21.3. The summed E-state index contributed by atoms with van der Waals surface area (Å²) in [6.45, 7) is 4.06. The van der Waals surface area contributed by atoms with Gasteiger partial charge in [-0.05, 0) is 73.2 Å². The summed E-state index contributed by atoms with van der Waals surface area (Å²) >= 11 is 0. The molecule has 3 aromatic carbocycles. The van der Waals surface area contributed by atoms with Crippen molar-refractivity contribution in [3.63, 3.8) is 0 Å². The number of hydrogen-bond donors (Lipinski definition) is 2. The molecule has 1 amide bonds. The molecule has 3 aromatic rings. The van der Waals surface area contributed by atoms with Gasteiger partial charge in [0.25, 0.3) is 5.91 Å². The van der Waals surface area contributed by atoms with Crippen LogP contribution in [-0.2, 0) is 6.54 Å². The lowest BCUT2D eigenvalue weighted by molar-refractivity contribution is 0.102. The van der Waals surface area contributed by atoms with Crippen LogP contribution in [0.15, 0.2) is 72.8 Å². The van der Waals surface area contributed by atoms with Crippen LogP contribution in [0.2, 0.25) is 0 Å². The van der Waals surface area contributed by atoms with E-state index in [4.69, 9.17) is 0 Å². The van der Waals surface area contributed by atoms with Gasteiger partial charge < -0.3 is 10.6 Å². The maximum absolute atomic E-state index is 12.8.